The summed E-state index contributed by atoms with van der Waals surface area (Å²) in [6, 6.07) is 11.6. The van der Waals surface area contributed by atoms with Gasteiger partial charge in [0, 0.05) is 28.1 Å². The quantitative estimate of drug-likeness (QED) is 0.875. The second-order valence-electron chi connectivity index (χ2n) is 3.10. The highest BCUT2D eigenvalue weighted by atomic mass is 79.9. The molecular formula is C11H10BrN3. The molecule has 0 aliphatic rings. The second-order valence-corrected chi connectivity index (χ2v) is 4.02. The van der Waals surface area contributed by atoms with Crippen LogP contribution >= 0.6 is 15.9 Å². The molecule has 0 saturated carbocycles. The molecule has 0 amide bonds. The lowest BCUT2D eigenvalue weighted by Gasteiger charge is -2.06. The molecule has 0 atom stereocenters. The fourth-order valence-corrected chi connectivity index (χ4v) is 1.49. The van der Waals surface area contributed by atoms with Crippen LogP contribution < -0.4 is 11.1 Å². The molecule has 1 aromatic heterocycles. The normalized spacial score (nSPS) is 9.93. The summed E-state index contributed by atoms with van der Waals surface area (Å²) < 4.78 is 1.06. The van der Waals surface area contributed by atoms with Crippen LogP contribution in [0.3, 0.4) is 0 Å². The van der Waals surface area contributed by atoms with Crippen LogP contribution in [-0.4, -0.2) is 4.98 Å². The molecule has 1 heterocycles. The fourth-order valence-electron chi connectivity index (χ4n) is 1.23. The Morgan fingerprint density at radius 1 is 1.07 bits per heavy atom. The lowest BCUT2D eigenvalue weighted by atomic mass is 10.3. The molecule has 2 aromatic rings. The van der Waals surface area contributed by atoms with E-state index in [0.717, 1.165) is 15.8 Å². The third-order valence-electron chi connectivity index (χ3n) is 1.91. The Labute approximate surface area is 96.5 Å². The van der Waals surface area contributed by atoms with Crippen molar-refractivity contribution in [2.45, 2.75) is 0 Å². The van der Waals surface area contributed by atoms with Crippen LogP contribution in [0.2, 0.25) is 0 Å². The highest BCUT2D eigenvalue weighted by molar-refractivity contribution is 9.10. The molecular weight excluding hydrogens is 254 g/mol. The molecule has 15 heavy (non-hydrogen) atoms. The van der Waals surface area contributed by atoms with E-state index in [9.17, 15) is 0 Å². The number of nitrogens with zero attached hydrogens (tertiary/aromatic N) is 1. The Bertz CT molecular complexity index is 454. The molecule has 3 nitrogen and oxygen atoms in total. The second kappa shape index (κ2) is 4.31. The number of benzene rings is 1. The van der Waals surface area contributed by atoms with Gasteiger partial charge in [0.15, 0.2) is 0 Å². The lowest BCUT2D eigenvalue weighted by molar-refractivity contribution is 1.33. The first-order valence-electron chi connectivity index (χ1n) is 4.48. The zero-order valence-electron chi connectivity index (χ0n) is 7.94. The minimum Gasteiger partial charge on any atom is -0.384 e. The molecule has 0 fully saturated rings. The number of nitrogens with two attached hydrogens (primary N) is 1. The van der Waals surface area contributed by atoms with Crippen molar-refractivity contribution in [2.75, 3.05) is 11.1 Å². The molecule has 0 aliphatic carbocycles. The van der Waals surface area contributed by atoms with Crippen molar-refractivity contribution < 1.29 is 0 Å². The van der Waals surface area contributed by atoms with Crippen molar-refractivity contribution in [1.82, 2.24) is 4.98 Å². The van der Waals surface area contributed by atoms with Crippen molar-refractivity contribution in [3.8, 4) is 0 Å². The average Bonchev–Trinajstić information content (AvgIpc) is 2.22. The maximum absolute atomic E-state index is 5.58. The van der Waals surface area contributed by atoms with Gasteiger partial charge in [-0.15, -0.1) is 0 Å². The van der Waals surface area contributed by atoms with E-state index in [-0.39, 0.29) is 0 Å². The van der Waals surface area contributed by atoms with Crippen LogP contribution in [0.1, 0.15) is 0 Å². The smallest absolute Gasteiger partial charge is 0.125 e. The fraction of sp³-hybridized carbons (Fsp3) is 0. The first kappa shape index (κ1) is 9.98. The monoisotopic (exact) mass is 263 g/mol. The zero-order valence-corrected chi connectivity index (χ0v) is 9.53. The summed E-state index contributed by atoms with van der Waals surface area (Å²) in [7, 11) is 0. The highest BCUT2D eigenvalue weighted by Gasteiger charge is 1.95. The molecule has 3 N–H and O–H groups in total. The number of hydrogen-bond acceptors (Lipinski definition) is 3. The van der Waals surface area contributed by atoms with Crippen molar-refractivity contribution >= 4 is 33.1 Å². The molecule has 4 heteroatoms. The summed E-state index contributed by atoms with van der Waals surface area (Å²) in [6.07, 6.45) is 1.68. The Hall–Kier alpha value is -1.55. The standard InChI is InChI=1S/C11H10BrN3/c12-8-1-3-9(4-2-8)15-10-5-6-14-11(13)7-10/h1-7H,(H3,13,14,15). The molecule has 0 spiro atoms. The molecule has 0 unspecified atom stereocenters. The largest absolute Gasteiger partial charge is 0.384 e. The summed E-state index contributed by atoms with van der Waals surface area (Å²) in [6.45, 7) is 0. The zero-order chi connectivity index (χ0) is 10.7. The average molecular weight is 264 g/mol. The van der Waals surface area contributed by atoms with Crippen molar-refractivity contribution in [1.29, 1.82) is 0 Å². The number of nitrogens with one attached hydrogen (secondary N) is 1. The van der Waals surface area contributed by atoms with Gasteiger partial charge in [-0.05, 0) is 30.3 Å². The van der Waals surface area contributed by atoms with Gasteiger partial charge in [0.05, 0.1) is 0 Å². The predicted molar refractivity (Wildman–Crippen MR) is 66.1 cm³/mol. The van der Waals surface area contributed by atoms with Crippen molar-refractivity contribution in [2.24, 2.45) is 0 Å². The third-order valence-corrected chi connectivity index (χ3v) is 2.44. The van der Waals surface area contributed by atoms with E-state index in [1.54, 1.807) is 12.3 Å². The first-order chi connectivity index (χ1) is 7.24. The van der Waals surface area contributed by atoms with E-state index in [4.69, 9.17) is 5.73 Å². The van der Waals surface area contributed by atoms with E-state index in [1.807, 2.05) is 30.3 Å². The van der Waals surface area contributed by atoms with Gasteiger partial charge < -0.3 is 11.1 Å². The number of halogens is 1. The van der Waals surface area contributed by atoms with Gasteiger partial charge in [0.2, 0.25) is 0 Å². The minimum atomic E-state index is 0.511. The molecule has 0 saturated heterocycles. The maximum Gasteiger partial charge on any atom is 0.125 e. The van der Waals surface area contributed by atoms with Gasteiger partial charge in [0.1, 0.15) is 5.82 Å². The molecule has 1 aromatic carbocycles. The SMILES string of the molecule is Nc1cc(Nc2ccc(Br)cc2)ccn1. The van der Waals surface area contributed by atoms with Gasteiger partial charge in [-0.2, -0.15) is 0 Å². The van der Waals surface area contributed by atoms with Crippen LogP contribution in [0.15, 0.2) is 47.1 Å². The van der Waals surface area contributed by atoms with Crippen LogP contribution in [0.25, 0.3) is 0 Å². The Kier molecular flexibility index (Phi) is 2.87. The molecule has 0 radical (unpaired) electrons. The van der Waals surface area contributed by atoms with Crippen LogP contribution in [0.5, 0.6) is 0 Å². The Balaban J connectivity index is 2.18. The Morgan fingerprint density at radius 3 is 2.47 bits per heavy atom. The van der Waals surface area contributed by atoms with Gasteiger partial charge in [0.25, 0.3) is 0 Å². The lowest BCUT2D eigenvalue weighted by Crippen LogP contribution is -1.93. The van der Waals surface area contributed by atoms with E-state index in [1.165, 1.54) is 0 Å². The molecule has 0 aliphatic heterocycles. The van der Waals surface area contributed by atoms with Gasteiger partial charge >= 0.3 is 0 Å². The molecule has 76 valence electrons. The molecule has 0 bridgehead atoms. The van der Waals surface area contributed by atoms with E-state index >= 15 is 0 Å². The van der Waals surface area contributed by atoms with Crippen LogP contribution in [0.4, 0.5) is 17.2 Å². The van der Waals surface area contributed by atoms with Crippen LogP contribution in [0, 0.1) is 0 Å². The number of pyridine rings is 1. The summed E-state index contributed by atoms with van der Waals surface area (Å²) in [4.78, 5) is 3.93. The summed E-state index contributed by atoms with van der Waals surface area (Å²) in [5.41, 5.74) is 7.53. The van der Waals surface area contributed by atoms with Gasteiger partial charge in [-0.1, -0.05) is 15.9 Å². The Morgan fingerprint density at radius 2 is 1.80 bits per heavy atom. The van der Waals surface area contributed by atoms with E-state index < -0.39 is 0 Å². The summed E-state index contributed by atoms with van der Waals surface area (Å²) >= 11 is 3.38. The topological polar surface area (TPSA) is 50.9 Å². The molecule has 2 rings (SSSR count). The predicted octanol–water partition coefficient (Wildman–Crippen LogP) is 3.17. The van der Waals surface area contributed by atoms with Crippen LogP contribution in [-0.2, 0) is 0 Å². The van der Waals surface area contributed by atoms with E-state index in [2.05, 4.69) is 26.2 Å². The number of rotatable bonds is 2. The van der Waals surface area contributed by atoms with Gasteiger partial charge in [-0.3, -0.25) is 0 Å². The summed E-state index contributed by atoms with van der Waals surface area (Å²) in [5.74, 6) is 0.511. The number of aromatic nitrogens is 1. The first-order valence-corrected chi connectivity index (χ1v) is 5.27. The van der Waals surface area contributed by atoms with Crippen molar-refractivity contribution in [3.63, 3.8) is 0 Å². The minimum absolute atomic E-state index is 0.511. The summed E-state index contributed by atoms with van der Waals surface area (Å²) in [5, 5.41) is 3.23. The number of nitrogen functional groups attached to an aromatic ring is 1. The third kappa shape index (κ3) is 2.70. The van der Waals surface area contributed by atoms with Gasteiger partial charge in [-0.25, -0.2) is 4.98 Å². The highest BCUT2D eigenvalue weighted by Crippen LogP contribution is 2.19. The van der Waals surface area contributed by atoms with E-state index in [0.29, 0.717) is 5.82 Å². The number of hydrogen-bond donors (Lipinski definition) is 2. The number of anilines is 3. The maximum atomic E-state index is 5.58. The van der Waals surface area contributed by atoms with Crippen molar-refractivity contribution in [3.05, 3.63) is 47.1 Å².